The normalized spacial score (nSPS) is 10.3. The Morgan fingerprint density at radius 1 is 1.45 bits per heavy atom. The Balaban J connectivity index is 1.94. The van der Waals surface area contributed by atoms with Crippen LogP contribution in [0.25, 0.3) is 0 Å². The van der Waals surface area contributed by atoms with Crippen molar-refractivity contribution in [1.82, 2.24) is 15.1 Å². The number of nitrogens with zero attached hydrogens (tertiary/aromatic N) is 3. The number of nitro groups is 1. The van der Waals surface area contributed by atoms with Crippen molar-refractivity contribution in [2.24, 2.45) is 0 Å². The van der Waals surface area contributed by atoms with E-state index in [1.165, 1.54) is 19.2 Å². The standard InChI is InChI=1S/C13H13FN4O4/c1-22-13-11(18(20)21)7-17(16-13)8-12(19)15-6-9-2-4-10(14)5-3-9/h2-5,7H,6,8H2,1H3,(H,15,19). The van der Waals surface area contributed by atoms with E-state index in [0.717, 1.165) is 16.4 Å². The molecule has 22 heavy (non-hydrogen) atoms. The van der Waals surface area contributed by atoms with Crippen LogP contribution in [0.15, 0.2) is 30.5 Å². The van der Waals surface area contributed by atoms with E-state index < -0.39 is 4.92 Å². The van der Waals surface area contributed by atoms with Crippen molar-refractivity contribution in [3.63, 3.8) is 0 Å². The fraction of sp³-hybridized carbons (Fsp3) is 0.231. The molecule has 0 fully saturated rings. The van der Waals surface area contributed by atoms with Gasteiger partial charge >= 0.3 is 11.6 Å². The van der Waals surface area contributed by atoms with Crippen LogP contribution in [-0.4, -0.2) is 27.7 Å². The maximum absolute atomic E-state index is 12.7. The first-order valence-corrected chi connectivity index (χ1v) is 6.26. The highest BCUT2D eigenvalue weighted by molar-refractivity contribution is 5.75. The van der Waals surface area contributed by atoms with Crippen LogP contribution in [0.2, 0.25) is 0 Å². The van der Waals surface area contributed by atoms with Gasteiger partial charge in [-0.1, -0.05) is 12.1 Å². The van der Waals surface area contributed by atoms with Crippen molar-refractivity contribution in [3.05, 3.63) is 52.0 Å². The first kappa shape index (κ1) is 15.4. The Morgan fingerprint density at radius 3 is 2.68 bits per heavy atom. The summed E-state index contributed by atoms with van der Waals surface area (Å²) in [5.74, 6) is -0.897. The van der Waals surface area contributed by atoms with E-state index in [2.05, 4.69) is 10.4 Å². The molecule has 0 bridgehead atoms. The Bertz CT molecular complexity index is 684. The molecule has 0 unspecified atom stereocenters. The summed E-state index contributed by atoms with van der Waals surface area (Å²) in [5, 5.41) is 17.2. The Morgan fingerprint density at radius 2 is 2.14 bits per heavy atom. The summed E-state index contributed by atoms with van der Waals surface area (Å²) >= 11 is 0. The summed E-state index contributed by atoms with van der Waals surface area (Å²) in [6.45, 7) is 0.0327. The molecule has 0 spiro atoms. The molecule has 9 heteroatoms. The first-order chi connectivity index (χ1) is 10.5. The number of rotatable bonds is 6. The summed E-state index contributed by atoms with van der Waals surface area (Å²) < 4.78 is 18.6. The van der Waals surface area contributed by atoms with Gasteiger partial charge in [0, 0.05) is 6.54 Å². The van der Waals surface area contributed by atoms with Crippen LogP contribution in [0.5, 0.6) is 5.88 Å². The maximum Gasteiger partial charge on any atom is 0.350 e. The lowest BCUT2D eigenvalue weighted by Crippen LogP contribution is -2.27. The van der Waals surface area contributed by atoms with E-state index in [0.29, 0.717) is 0 Å². The van der Waals surface area contributed by atoms with Crippen molar-refractivity contribution in [3.8, 4) is 5.88 Å². The number of amides is 1. The lowest BCUT2D eigenvalue weighted by atomic mass is 10.2. The molecule has 1 aromatic heterocycles. The quantitative estimate of drug-likeness (QED) is 0.639. The molecule has 1 N–H and O–H groups in total. The molecule has 0 aliphatic heterocycles. The van der Waals surface area contributed by atoms with Crippen LogP contribution < -0.4 is 10.1 Å². The fourth-order valence-corrected chi connectivity index (χ4v) is 1.75. The first-order valence-electron chi connectivity index (χ1n) is 6.26. The molecule has 0 atom stereocenters. The molecule has 1 amide bonds. The van der Waals surface area contributed by atoms with Gasteiger partial charge in [0.25, 0.3) is 0 Å². The number of methoxy groups -OCH3 is 1. The molecule has 0 aliphatic carbocycles. The maximum atomic E-state index is 12.7. The number of hydrogen-bond acceptors (Lipinski definition) is 5. The highest BCUT2D eigenvalue weighted by atomic mass is 19.1. The zero-order valence-electron chi connectivity index (χ0n) is 11.7. The van der Waals surface area contributed by atoms with E-state index in [4.69, 9.17) is 4.74 Å². The predicted octanol–water partition coefficient (Wildman–Crippen LogP) is 1.26. The van der Waals surface area contributed by atoms with E-state index in [1.54, 1.807) is 12.1 Å². The number of halogens is 1. The predicted molar refractivity (Wildman–Crippen MR) is 73.7 cm³/mol. The van der Waals surface area contributed by atoms with Gasteiger partial charge in [-0.05, 0) is 17.7 Å². The molecular formula is C13H13FN4O4. The average Bonchev–Trinajstić information content (AvgIpc) is 2.90. The van der Waals surface area contributed by atoms with E-state index >= 15 is 0 Å². The number of ether oxygens (including phenoxy) is 1. The topological polar surface area (TPSA) is 99.3 Å². The number of benzene rings is 1. The summed E-state index contributed by atoms with van der Waals surface area (Å²) in [7, 11) is 1.26. The molecule has 2 rings (SSSR count). The Labute approximate surface area is 124 Å². The number of hydrogen-bond donors (Lipinski definition) is 1. The van der Waals surface area contributed by atoms with Crippen LogP contribution in [-0.2, 0) is 17.9 Å². The lowest BCUT2D eigenvalue weighted by molar-refractivity contribution is -0.385. The van der Waals surface area contributed by atoms with Gasteiger partial charge < -0.3 is 10.1 Å². The highest BCUT2D eigenvalue weighted by Crippen LogP contribution is 2.23. The van der Waals surface area contributed by atoms with Crippen molar-refractivity contribution in [2.45, 2.75) is 13.1 Å². The van der Waals surface area contributed by atoms with Crippen LogP contribution in [0.3, 0.4) is 0 Å². The van der Waals surface area contributed by atoms with Crippen LogP contribution >= 0.6 is 0 Å². The highest BCUT2D eigenvalue weighted by Gasteiger charge is 2.20. The molecule has 0 saturated heterocycles. The minimum Gasteiger partial charge on any atom is -0.475 e. The molecule has 116 valence electrons. The second kappa shape index (κ2) is 6.66. The fourth-order valence-electron chi connectivity index (χ4n) is 1.75. The summed E-state index contributed by atoms with van der Waals surface area (Å²) in [5.41, 5.74) is 0.424. The third-order valence-electron chi connectivity index (χ3n) is 2.81. The molecule has 0 radical (unpaired) electrons. The van der Waals surface area contributed by atoms with Crippen molar-refractivity contribution in [1.29, 1.82) is 0 Å². The molecule has 1 heterocycles. The SMILES string of the molecule is COc1nn(CC(=O)NCc2ccc(F)cc2)cc1[N+](=O)[O-]. The van der Waals surface area contributed by atoms with Crippen molar-refractivity contribution < 1.29 is 18.8 Å². The second-order valence-corrected chi connectivity index (χ2v) is 4.38. The van der Waals surface area contributed by atoms with E-state index in [9.17, 15) is 19.3 Å². The van der Waals surface area contributed by atoms with E-state index in [-0.39, 0.29) is 36.4 Å². The van der Waals surface area contributed by atoms with Gasteiger partial charge in [-0.25, -0.2) is 4.39 Å². The molecule has 0 saturated carbocycles. The largest absolute Gasteiger partial charge is 0.475 e. The van der Waals surface area contributed by atoms with Gasteiger partial charge in [0.15, 0.2) is 0 Å². The molecule has 2 aromatic rings. The summed E-state index contributed by atoms with van der Waals surface area (Å²) in [4.78, 5) is 21.9. The second-order valence-electron chi connectivity index (χ2n) is 4.38. The van der Waals surface area contributed by atoms with Crippen molar-refractivity contribution >= 4 is 11.6 Å². The number of aromatic nitrogens is 2. The third-order valence-corrected chi connectivity index (χ3v) is 2.81. The Hall–Kier alpha value is -2.97. The summed E-state index contributed by atoms with van der Waals surface area (Å²) in [6.07, 6.45) is 1.12. The number of carbonyl (C=O) groups is 1. The minimum atomic E-state index is -0.640. The van der Waals surface area contributed by atoms with Gasteiger partial charge in [0.1, 0.15) is 18.6 Å². The lowest BCUT2D eigenvalue weighted by Gasteiger charge is -2.05. The average molecular weight is 308 g/mol. The molecule has 1 aromatic carbocycles. The van der Waals surface area contributed by atoms with Gasteiger partial charge in [-0.2, -0.15) is 0 Å². The van der Waals surface area contributed by atoms with Crippen molar-refractivity contribution in [2.75, 3.05) is 7.11 Å². The van der Waals surface area contributed by atoms with Gasteiger partial charge in [0.05, 0.1) is 12.0 Å². The number of carbonyl (C=O) groups excluding carboxylic acids is 1. The molecular weight excluding hydrogens is 295 g/mol. The van der Waals surface area contributed by atoms with E-state index in [1.807, 2.05) is 0 Å². The zero-order chi connectivity index (χ0) is 16.1. The molecule has 8 nitrogen and oxygen atoms in total. The van der Waals surface area contributed by atoms with Gasteiger partial charge in [-0.3, -0.25) is 19.6 Å². The van der Waals surface area contributed by atoms with Crippen LogP contribution in [0.1, 0.15) is 5.56 Å². The minimum absolute atomic E-state index is 0.156. The number of nitrogens with one attached hydrogen (secondary N) is 1. The zero-order valence-corrected chi connectivity index (χ0v) is 11.7. The van der Waals surface area contributed by atoms with Crippen LogP contribution in [0.4, 0.5) is 10.1 Å². The van der Waals surface area contributed by atoms with Gasteiger partial charge in [-0.15, -0.1) is 5.10 Å². The van der Waals surface area contributed by atoms with Crippen LogP contribution in [0, 0.1) is 15.9 Å². The third kappa shape index (κ3) is 3.78. The van der Waals surface area contributed by atoms with Gasteiger partial charge in [0.2, 0.25) is 5.91 Å². The summed E-state index contributed by atoms with van der Waals surface area (Å²) in [6, 6.07) is 5.70. The monoisotopic (exact) mass is 308 g/mol. The molecule has 0 aliphatic rings. The Kier molecular flexibility index (Phi) is 4.66. The smallest absolute Gasteiger partial charge is 0.350 e.